The van der Waals surface area contributed by atoms with E-state index in [1.54, 1.807) is 4.68 Å². The van der Waals surface area contributed by atoms with Crippen LogP contribution in [0.5, 0.6) is 0 Å². The zero-order valence-electron chi connectivity index (χ0n) is 11.9. The van der Waals surface area contributed by atoms with Gasteiger partial charge in [-0.15, -0.1) is 0 Å². The lowest BCUT2D eigenvalue weighted by Gasteiger charge is -2.10. The summed E-state index contributed by atoms with van der Waals surface area (Å²) in [5, 5.41) is 4.60. The largest absolute Gasteiger partial charge is 0.384 e. The fourth-order valence-electron chi connectivity index (χ4n) is 2.71. The van der Waals surface area contributed by atoms with Crippen molar-refractivity contribution in [3.63, 3.8) is 0 Å². The first-order valence-corrected chi connectivity index (χ1v) is 8.72. The van der Waals surface area contributed by atoms with Crippen LogP contribution in [0.15, 0.2) is 0 Å². The van der Waals surface area contributed by atoms with Crippen LogP contribution in [0.1, 0.15) is 44.5 Å². The molecule has 1 aliphatic rings. The van der Waals surface area contributed by atoms with Gasteiger partial charge in [0.1, 0.15) is 5.82 Å². The molecule has 1 saturated heterocycles. The molecular formula is C13H23N3O2S. The Bertz CT molecular complexity index is 561. The van der Waals surface area contributed by atoms with Gasteiger partial charge in [0.05, 0.1) is 23.2 Å². The third-order valence-electron chi connectivity index (χ3n) is 3.64. The van der Waals surface area contributed by atoms with E-state index in [4.69, 9.17) is 5.73 Å². The average molecular weight is 285 g/mol. The van der Waals surface area contributed by atoms with Gasteiger partial charge in [-0.1, -0.05) is 20.8 Å². The van der Waals surface area contributed by atoms with Gasteiger partial charge in [0, 0.05) is 5.56 Å². The van der Waals surface area contributed by atoms with Crippen LogP contribution >= 0.6 is 0 Å². The van der Waals surface area contributed by atoms with Crippen LogP contribution in [0, 0.1) is 5.92 Å². The van der Waals surface area contributed by atoms with Gasteiger partial charge in [0.15, 0.2) is 9.84 Å². The van der Waals surface area contributed by atoms with E-state index in [-0.39, 0.29) is 17.5 Å². The molecular weight excluding hydrogens is 262 g/mol. The zero-order chi connectivity index (χ0) is 14.2. The van der Waals surface area contributed by atoms with E-state index in [9.17, 15) is 8.42 Å². The first-order valence-electron chi connectivity index (χ1n) is 6.90. The molecule has 1 atom stereocenters. The van der Waals surface area contributed by atoms with Gasteiger partial charge in [-0.2, -0.15) is 5.10 Å². The molecule has 1 aromatic rings. The Morgan fingerprint density at radius 2 is 2.16 bits per heavy atom. The van der Waals surface area contributed by atoms with Crippen molar-refractivity contribution in [1.82, 2.24) is 9.78 Å². The number of nitrogens with zero attached hydrogens (tertiary/aromatic N) is 2. The molecule has 0 spiro atoms. The molecule has 5 nitrogen and oxygen atoms in total. The molecule has 0 aliphatic carbocycles. The minimum absolute atomic E-state index is 0.0868. The highest BCUT2D eigenvalue weighted by Gasteiger charge is 2.32. The number of hydrogen-bond acceptors (Lipinski definition) is 4. The molecule has 0 amide bonds. The Morgan fingerprint density at radius 3 is 2.63 bits per heavy atom. The van der Waals surface area contributed by atoms with Crippen LogP contribution in [-0.2, 0) is 22.7 Å². The topological polar surface area (TPSA) is 78.0 Å². The highest BCUT2D eigenvalue weighted by atomic mass is 32.2. The summed E-state index contributed by atoms with van der Waals surface area (Å²) >= 11 is 0. The monoisotopic (exact) mass is 285 g/mol. The molecule has 0 bridgehead atoms. The van der Waals surface area contributed by atoms with Crippen molar-refractivity contribution in [2.24, 2.45) is 5.92 Å². The van der Waals surface area contributed by atoms with Gasteiger partial charge in [-0.05, 0) is 25.2 Å². The highest BCUT2D eigenvalue weighted by molar-refractivity contribution is 7.91. The Kier molecular flexibility index (Phi) is 3.90. The van der Waals surface area contributed by atoms with Gasteiger partial charge in [-0.25, -0.2) is 13.1 Å². The van der Waals surface area contributed by atoms with Crippen LogP contribution in [-0.4, -0.2) is 29.7 Å². The lowest BCUT2D eigenvalue weighted by molar-refractivity contribution is 0.496. The van der Waals surface area contributed by atoms with Crippen molar-refractivity contribution < 1.29 is 8.42 Å². The number of nitrogens with two attached hydrogens (primary N) is 1. The van der Waals surface area contributed by atoms with Crippen LogP contribution in [0.2, 0.25) is 0 Å². The molecule has 2 N–H and O–H groups in total. The molecule has 19 heavy (non-hydrogen) atoms. The van der Waals surface area contributed by atoms with Crippen molar-refractivity contribution in [2.45, 2.75) is 46.1 Å². The summed E-state index contributed by atoms with van der Waals surface area (Å²) in [5.41, 5.74) is 8.27. The molecule has 0 saturated carbocycles. The molecule has 2 heterocycles. The van der Waals surface area contributed by atoms with Crippen molar-refractivity contribution in [3.8, 4) is 0 Å². The molecule has 108 valence electrons. The van der Waals surface area contributed by atoms with Crippen LogP contribution in [0.25, 0.3) is 0 Å². The maximum atomic E-state index is 11.6. The summed E-state index contributed by atoms with van der Waals surface area (Å²) in [6.45, 7) is 6.36. The summed E-state index contributed by atoms with van der Waals surface area (Å²) in [7, 11) is -2.91. The first kappa shape index (κ1) is 14.4. The summed E-state index contributed by atoms with van der Waals surface area (Å²) in [4.78, 5) is 0. The van der Waals surface area contributed by atoms with Crippen molar-refractivity contribution in [2.75, 3.05) is 17.2 Å². The lowest BCUT2D eigenvalue weighted by Crippen LogP contribution is -2.15. The second kappa shape index (κ2) is 5.15. The van der Waals surface area contributed by atoms with Gasteiger partial charge < -0.3 is 5.73 Å². The number of sulfone groups is 1. The second-order valence-corrected chi connectivity index (χ2v) is 7.99. The molecule has 6 heteroatoms. The fraction of sp³-hybridized carbons (Fsp3) is 0.769. The molecule has 0 aromatic carbocycles. The predicted molar refractivity (Wildman–Crippen MR) is 76.9 cm³/mol. The Hall–Kier alpha value is -1.04. The summed E-state index contributed by atoms with van der Waals surface area (Å²) < 4.78 is 24.9. The minimum Gasteiger partial charge on any atom is -0.384 e. The second-order valence-electron chi connectivity index (χ2n) is 5.76. The summed E-state index contributed by atoms with van der Waals surface area (Å²) in [5.74, 6) is 1.58. The van der Waals surface area contributed by atoms with E-state index in [2.05, 4.69) is 25.9 Å². The van der Waals surface area contributed by atoms with E-state index >= 15 is 0 Å². The lowest BCUT2D eigenvalue weighted by atomic mass is 10.0. The number of nitrogen functional groups attached to an aromatic ring is 1. The molecule has 2 rings (SSSR count). The standard InChI is InChI=1S/C13H23N3O2S/c1-4-11-12(7-9(2)3)15-16(13(11)14)10-5-6-19(17,18)8-10/h9-10H,4-8,14H2,1-3H3. The van der Waals surface area contributed by atoms with E-state index < -0.39 is 9.84 Å². The van der Waals surface area contributed by atoms with Crippen LogP contribution in [0.4, 0.5) is 5.82 Å². The van der Waals surface area contributed by atoms with Gasteiger partial charge >= 0.3 is 0 Å². The number of anilines is 1. The molecule has 1 unspecified atom stereocenters. The SMILES string of the molecule is CCc1c(CC(C)C)nn(C2CCS(=O)(=O)C2)c1N. The van der Waals surface area contributed by atoms with Gasteiger partial charge in [0.25, 0.3) is 0 Å². The number of aromatic nitrogens is 2. The molecule has 0 radical (unpaired) electrons. The third kappa shape index (κ3) is 2.94. The van der Waals surface area contributed by atoms with Crippen molar-refractivity contribution in [3.05, 3.63) is 11.3 Å². The highest BCUT2D eigenvalue weighted by Crippen LogP contribution is 2.29. The molecule has 1 aliphatic heterocycles. The molecule has 1 fully saturated rings. The number of rotatable bonds is 4. The smallest absolute Gasteiger partial charge is 0.152 e. The fourth-order valence-corrected chi connectivity index (χ4v) is 4.40. The average Bonchev–Trinajstić information content (AvgIpc) is 2.79. The maximum Gasteiger partial charge on any atom is 0.152 e. The minimum atomic E-state index is -2.91. The van der Waals surface area contributed by atoms with Crippen molar-refractivity contribution in [1.29, 1.82) is 0 Å². The quantitative estimate of drug-likeness (QED) is 0.911. The Morgan fingerprint density at radius 1 is 1.47 bits per heavy atom. The van der Waals surface area contributed by atoms with Crippen molar-refractivity contribution >= 4 is 15.7 Å². The van der Waals surface area contributed by atoms with E-state index in [0.717, 1.165) is 24.1 Å². The predicted octanol–water partition coefficient (Wildman–Crippen LogP) is 1.59. The zero-order valence-corrected chi connectivity index (χ0v) is 12.7. The normalized spacial score (nSPS) is 22.2. The summed E-state index contributed by atoms with van der Waals surface area (Å²) in [6, 6.07) is -0.0868. The van der Waals surface area contributed by atoms with Crippen LogP contribution < -0.4 is 5.73 Å². The molecule has 1 aromatic heterocycles. The van der Waals surface area contributed by atoms with Crippen LogP contribution in [0.3, 0.4) is 0 Å². The van der Waals surface area contributed by atoms with E-state index in [0.29, 0.717) is 18.2 Å². The number of hydrogen-bond donors (Lipinski definition) is 1. The maximum absolute atomic E-state index is 11.6. The Labute approximate surface area is 115 Å². The van der Waals surface area contributed by atoms with E-state index in [1.165, 1.54) is 0 Å². The summed E-state index contributed by atoms with van der Waals surface area (Å²) in [6.07, 6.45) is 2.35. The van der Waals surface area contributed by atoms with Gasteiger partial charge in [-0.3, -0.25) is 0 Å². The third-order valence-corrected chi connectivity index (χ3v) is 5.39. The van der Waals surface area contributed by atoms with E-state index in [1.807, 2.05) is 0 Å². The van der Waals surface area contributed by atoms with Gasteiger partial charge in [0.2, 0.25) is 0 Å². The first-order chi connectivity index (χ1) is 8.84. The Balaban J connectivity index is 2.34.